The zero-order valence-corrected chi connectivity index (χ0v) is 5.94. The molecule has 0 unspecified atom stereocenters. The quantitative estimate of drug-likeness (QED) is 0.511. The minimum absolute atomic E-state index is 0.646. The number of hydrogen-bond acceptors (Lipinski definition) is 4. The molecule has 2 aliphatic rings. The number of fused-ring (bicyclic) bond motifs is 2. The molecule has 2 radical (unpaired) electrons. The Bertz CT molecular complexity index is 280. The molecule has 0 saturated carbocycles. The van der Waals surface area contributed by atoms with Crippen molar-refractivity contribution in [1.29, 1.82) is 0 Å². The van der Waals surface area contributed by atoms with Gasteiger partial charge in [0.25, 0.3) is 0 Å². The molecule has 0 N–H and O–H groups in total. The molecule has 0 bridgehead atoms. The van der Waals surface area contributed by atoms with E-state index in [1.807, 2.05) is 0 Å². The molecule has 2 aliphatic heterocycles. The summed E-state index contributed by atoms with van der Waals surface area (Å²) < 4.78 is 20.1. The lowest BCUT2D eigenvalue weighted by atomic mass is 10.3. The Labute approximate surface area is 70.0 Å². The highest BCUT2D eigenvalue weighted by Crippen LogP contribution is 2.43. The Kier molecular flexibility index (Phi) is 1.03. The van der Waals surface area contributed by atoms with Gasteiger partial charge in [0.2, 0.25) is 0 Å². The van der Waals surface area contributed by atoms with Crippen LogP contribution >= 0.6 is 0 Å². The molecular weight excluding hydrogens is 158 g/mol. The lowest BCUT2D eigenvalue weighted by Gasteiger charge is -2.00. The molecule has 1 aromatic carbocycles. The maximum Gasteiger partial charge on any atom is 0.658 e. The number of hydrogen-bond donors (Lipinski definition) is 0. The Morgan fingerprint density at radius 3 is 1.33 bits per heavy atom. The fourth-order valence-corrected chi connectivity index (χ4v) is 1.15. The molecule has 0 atom stereocenters. The van der Waals surface area contributed by atoms with Gasteiger partial charge in [-0.3, -0.25) is 0 Å². The normalized spacial score (nSPS) is 15.3. The molecular formula is C6H2B2O4. The van der Waals surface area contributed by atoms with Crippen LogP contribution in [0.15, 0.2) is 12.1 Å². The van der Waals surface area contributed by atoms with Crippen LogP contribution in [-0.2, 0) is 0 Å². The van der Waals surface area contributed by atoms with Gasteiger partial charge in [0.05, 0.1) is 0 Å². The van der Waals surface area contributed by atoms with E-state index in [9.17, 15) is 0 Å². The van der Waals surface area contributed by atoms with Gasteiger partial charge in [-0.15, -0.1) is 0 Å². The molecule has 0 aromatic heterocycles. The summed E-state index contributed by atoms with van der Waals surface area (Å²) >= 11 is 0. The van der Waals surface area contributed by atoms with Gasteiger partial charge in [-0.2, -0.15) is 0 Å². The van der Waals surface area contributed by atoms with Crippen LogP contribution in [0.1, 0.15) is 0 Å². The van der Waals surface area contributed by atoms with Crippen LogP contribution in [0.2, 0.25) is 0 Å². The fourth-order valence-electron chi connectivity index (χ4n) is 1.15. The second-order valence-corrected chi connectivity index (χ2v) is 2.41. The van der Waals surface area contributed by atoms with E-state index in [0.29, 0.717) is 23.0 Å². The zero-order chi connectivity index (χ0) is 7.97. The van der Waals surface area contributed by atoms with Crippen molar-refractivity contribution < 1.29 is 18.6 Å². The standard InChI is InChI=1S/C6H2B2O4/c1-3-5(11-7-9-3)2-6-4(1)10-8-12-6/h1-2H. The summed E-state index contributed by atoms with van der Waals surface area (Å²) in [6.45, 7) is 0. The molecule has 56 valence electrons. The van der Waals surface area contributed by atoms with Crippen LogP contribution in [0.25, 0.3) is 0 Å². The van der Waals surface area contributed by atoms with Gasteiger partial charge >= 0.3 is 15.4 Å². The molecule has 0 amide bonds. The van der Waals surface area contributed by atoms with E-state index in [1.165, 1.54) is 15.4 Å². The Hall–Kier alpha value is -1.45. The van der Waals surface area contributed by atoms with Gasteiger partial charge in [-0.25, -0.2) is 0 Å². The summed E-state index contributed by atoms with van der Waals surface area (Å²) in [7, 11) is 2.53. The highest BCUT2D eigenvalue weighted by molar-refractivity contribution is 6.24. The Morgan fingerprint density at radius 2 is 1.00 bits per heavy atom. The van der Waals surface area contributed by atoms with Gasteiger partial charge in [0.15, 0.2) is 0 Å². The van der Waals surface area contributed by atoms with Gasteiger partial charge in [0, 0.05) is 12.1 Å². The van der Waals surface area contributed by atoms with Gasteiger partial charge in [-0.05, 0) is 0 Å². The minimum atomic E-state index is 0.646. The monoisotopic (exact) mass is 160 g/mol. The van der Waals surface area contributed by atoms with E-state index >= 15 is 0 Å². The summed E-state index contributed by atoms with van der Waals surface area (Å²) in [5.74, 6) is 2.58. The summed E-state index contributed by atoms with van der Waals surface area (Å²) in [6.07, 6.45) is 0. The highest BCUT2D eigenvalue weighted by atomic mass is 16.6. The average molecular weight is 160 g/mol. The third kappa shape index (κ3) is 0.691. The first kappa shape index (κ1) is 6.11. The van der Waals surface area contributed by atoms with E-state index in [0.717, 1.165) is 0 Å². The van der Waals surface area contributed by atoms with Crippen LogP contribution in [0.4, 0.5) is 0 Å². The topological polar surface area (TPSA) is 36.9 Å². The van der Waals surface area contributed by atoms with Crippen molar-refractivity contribution in [3.63, 3.8) is 0 Å². The second kappa shape index (κ2) is 2.03. The smallest absolute Gasteiger partial charge is 0.524 e. The van der Waals surface area contributed by atoms with Crippen molar-refractivity contribution >= 4 is 15.4 Å². The SMILES string of the molecule is [B]1Oc2cc3c(cc2O1)O[B]O3. The van der Waals surface area contributed by atoms with Crippen molar-refractivity contribution in [3.05, 3.63) is 12.1 Å². The van der Waals surface area contributed by atoms with Gasteiger partial charge < -0.3 is 18.6 Å². The molecule has 6 heteroatoms. The maximum absolute atomic E-state index is 5.03. The van der Waals surface area contributed by atoms with Crippen LogP contribution in [-0.4, -0.2) is 15.4 Å². The Balaban J connectivity index is 2.18. The molecule has 0 spiro atoms. The van der Waals surface area contributed by atoms with Gasteiger partial charge in [0.1, 0.15) is 23.0 Å². The summed E-state index contributed by atoms with van der Waals surface area (Å²) in [5, 5.41) is 0. The lowest BCUT2D eigenvalue weighted by molar-refractivity contribution is 0.528. The van der Waals surface area contributed by atoms with E-state index in [-0.39, 0.29) is 0 Å². The largest absolute Gasteiger partial charge is 0.658 e. The van der Waals surface area contributed by atoms with Crippen LogP contribution in [0.5, 0.6) is 23.0 Å². The summed E-state index contributed by atoms with van der Waals surface area (Å²) in [5.41, 5.74) is 0. The van der Waals surface area contributed by atoms with Crippen molar-refractivity contribution in [2.24, 2.45) is 0 Å². The Morgan fingerprint density at radius 1 is 0.667 bits per heavy atom. The fraction of sp³-hybridized carbons (Fsp3) is 0. The van der Waals surface area contributed by atoms with Crippen LogP contribution < -0.4 is 18.6 Å². The summed E-state index contributed by atoms with van der Waals surface area (Å²) in [4.78, 5) is 0. The molecule has 0 fully saturated rings. The highest BCUT2D eigenvalue weighted by Gasteiger charge is 2.24. The number of benzene rings is 1. The third-order valence-corrected chi connectivity index (χ3v) is 1.71. The van der Waals surface area contributed by atoms with E-state index in [2.05, 4.69) is 0 Å². The first-order valence-corrected chi connectivity index (χ1v) is 3.41. The van der Waals surface area contributed by atoms with Crippen LogP contribution in [0, 0.1) is 0 Å². The van der Waals surface area contributed by atoms with E-state index < -0.39 is 0 Å². The number of rotatable bonds is 0. The molecule has 3 rings (SSSR count). The molecule has 2 heterocycles. The average Bonchev–Trinajstić information content (AvgIpc) is 2.64. The van der Waals surface area contributed by atoms with Crippen LogP contribution in [0.3, 0.4) is 0 Å². The first-order valence-electron chi connectivity index (χ1n) is 3.41. The predicted molar refractivity (Wildman–Crippen MR) is 40.5 cm³/mol. The van der Waals surface area contributed by atoms with Crippen molar-refractivity contribution in [2.75, 3.05) is 0 Å². The molecule has 0 aliphatic carbocycles. The first-order chi connectivity index (χ1) is 5.93. The third-order valence-electron chi connectivity index (χ3n) is 1.71. The summed E-state index contributed by atoms with van der Waals surface area (Å²) in [6, 6.07) is 3.44. The molecule has 4 nitrogen and oxygen atoms in total. The lowest BCUT2D eigenvalue weighted by Crippen LogP contribution is -2.01. The van der Waals surface area contributed by atoms with Crippen molar-refractivity contribution in [3.8, 4) is 23.0 Å². The minimum Gasteiger partial charge on any atom is -0.524 e. The zero-order valence-electron chi connectivity index (χ0n) is 5.94. The maximum atomic E-state index is 5.03. The molecule has 0 saturated heterocycles. The van der Waals surface area contributed by atoms with Crippen molar-refractivity contribution in [2.45, 2.75) is 0 Å². The molecule has 1 aromatic rings. The van der Waals surface area contributed by atoms with E-state index in [1.54, 1.807) is 12.1 Å². The van der Waals surface area contributed by atoms with Crippen molar-refractivity contribution in [1.82, 2.24) is 0 Å². The predicted octanol–water partition coefficient (Wildman–Crippen LogP) is 0.297. The van der Waals surface area contributed by atoms with E-state index in [4.69, 9.17) is 18.6 Å². The second-order valence-electron chi connectivity index (χ2n) is 2.41. The van der Waals surface area contributed by atoms with Gasteiger partial charge in [-0.1, -0.05) is 0 Å². The molecule has 12 heavy (non-hydrogen) atoms.